The predicted molar refractivity (Wildman–Crippen MR) is 57.5 cm³/mol. The van der Waals surface area contributed by atoms with Gasteiger partial charge in [-0.15, -0.1) is 0 Å². The molecule has 0 amide bonds. The quantitative estimate of drug-likeness (QED) is 0.637. The number of aryl methyl sites for hydroxylation is 1. The minimum Gasteiger partial charge on any atom is -0.269 e. The number of hydrogen-bond acceptors (Lipinski definition) is 2. The van der Waals surface area contributed by atoms with E-state index in [0.717, 1.165) is 0 Å². The first-order valence-electron chi connectivity index (χ1n) is 4.72. The Morgan fingerprint density at radius 2 is 2.00 bits per heavy atom. The summed E-state index contributed by atoms with van der Waals surface area (Å²) < 4.78 is 1.54. The van der Waals surface area contributed by atoms with Gasteiger partial charge in [0.15, 0.2) is 0 Å². The highest BCUT2D eigenvalue weighted by atomic mass is 16.1. The van der Waals surface area contributed by atoms with Crippen molar-refractivity contribution in [2.24, 2.45) is 0 Å². The third-order valence-corrected chi connectivity index (χ3v) is 1.78. The average Bonchev–Trinajstić information content (AvgIpc) is 2.27. The number of aromatic nitrogens is 2. The predicted octanol–water partition coefficient (Wildman–Crippen LogP) is 2.03. The van der Waals surface area contributed by atoms with E-state index in [0.29, 0.717) is 11.2 Å². The molecule has 2 aromatic heterocycles. The summed E-state index contributed by atoms with van der Waals surface area (Å²) in [5, 5.41) is 0. The maximum atomic E-state index is 11.5. The molecular weight excluding hydrogens is 176 g/mol. The minimum atomic E-state index is 0.000556. The Balaban J connectivity index is 0.000000461. The molecule has 2 heterocycles. The van der Waals surface area contributed by atoms with Gasteiger partial charge in [-0.2, -0.15) is 0 Å². The van der Waals surface area contributed by atoms with Crippen LogP contribution in [0.25, 0.3) is 5.65 Å². The van der Waals surface area contributed by atoms with Crippen molar-refractivity contribution in [3.63, 3.8) is 0 Å². The van der Waals surface area contributed by atoms with Crippen molar-refractivity contribution in [2.45, 2.75) is 20.8 Å². The molecule has 2 aromatic rings. The molecule has 14 heavy (non-hydrogen) atoms. The van der Waals surface area contributed by atoms with Crippen molar-refractivity contribution in [1.82, 2.24) is 9.38 Å². The molecule has 0 aliphatic carbocycles. The standard InChI is InChI=1S/C9H8N2O.C2H6/c1-7-6-10-8-4-2-3-5-11(8)9(7)12;1-2/h2-6H,1H3;1-2H3. The first-order chi connectivity index (χ1) is 6.79. The first-order valence-corrected chi connectivity index (χ1v) is 4.72. The summed E-state index contributed by atoms with van der Waals surface area (Å²) in [6.45, 7) is 5.76. The van der Waals surface area contributed by atoms with Crippen molar-refractivity contribution < 1.29 is 0 Å². The van der Waals surface area contributed by atoms with Crippen molar-refractivity contribution in [3.8, 4) is 0 Å². The van der Waals surface area contributed by atoms with Crippen LogP contribution in [0, 0.1) is 6.92 Å². The van der Waals surface area contributed by atoms with Gasteiger partial charge in [0.25, 0.3) is 5.56 Å². The van der Waals surface area contributed by atoms with Crippen LogP contribution in [0.4, 0.5) is 0 Å². The molecule has 0 unspecified atom stereocenters. The fourth-order valence-electron chi connectivity index (χ4n) is 1.12. The SMILES string of the molecule is CC.Cc1cnc2ccccn2c1=O. The number of rotatable bonds is 0. The first kappa shape index (κ1) is 10.4. The van der Waals surface area contributed by atoms with Gasteiger partial charge < -0.3 is 0 Å². The largest absolute Gasteiger partial charge is 0.269 e. The highest BCUT2D eigenvalue weighted by molar-refractivity contribution is 5.37. The van der Waals surface area contributed by atoms with Crippen LogP contribution in [0.2, 0.25) is 0 Å². The molecule has 3 nitrogen and oxygen atoms in total. The molecule has 0 fully saturated rings. The number of hydrogen-bond donors (Lipinski definition) is 0. The van der Waals surface area contributed by atoms with Gasteiger partial charge in [0.05, 0.1) is 0 Å². The van der Waals surface area contributed by atoms with Gasteiger partial charge in [0.2, 0.25) is 0 Å². The Labute approximate surface area is 83.0 Å². The van der Waals surface area contributed by atoms with Gasteiger partial charge in [-0.05, 0) is 19.1 Å². The summed E-state index contributed by atoms with van der Waals surface area (Å²) in [4.78, 5) is 15.6. The van der Waals surface area contributed by atoms with E-state index < -0.39 is 0 Å². The van der Waals surface area contributed by atoms with Crippen molar-refractivity contribution in [2.75, 3.05) is 0 Å². The molecule has 0 aliphatic rings. The molecule has 3 heteroatoms. The molecule has 74 valence electrons. The van der Waals surface area contributed by atoms with Crippen LogP contribution < -0.4 is 5.56 Å². The summed E-state index contributed by atoms with van der Waals surface area (Å²) in [6.07, 6.45) is 3.31. The second-order valence-corrected chi connectivity index (χ2v) is 2.68. The van der Waals surface area contributed by atoms with E-state index in [1.54, 1.807) is 25.4 Å². The lowest BCUT2D eigenvalue weighted by atomic mass is 10.3. The maximum absolute atomic E-state index is 11.5. The zero-order valence-corrected chi connectivity index (χ0v) is 8.69. The lowest BCUT2D eigenvalue weighted by Gasteiger charge is -1.98. The van der Waals surface area contributed by atoms with Crippen molar-refractivity contribution in [1.29, 1.82) is 0 Å². The Morgan fingerprint density at radius 1 is 1.29 bits per heavy atom. The molecule has 0 aliphatic heterocycles. The Hall–Kier alpha value is -1.64. The van der Waals surface area contributed by atoms with Crippen LogP contribution >= 0.6 is 0 Å². The van der Waals surface area contributed by atoms with Gasteiger partial charge >= 0.3 is 0 Å². The zero-order valence-electron chi connectivity index (χ0n) is 8.69. The van der Waals surface area contributed by atoms with E-state index in [1.165, 1.54) is 4.40 Å². The zero-order chi connectivity index (χ0) is 10.6. The molecule has 2 rings (SSSR count). The topological polar surface area (TPSA) is 34.4 Å². The third-order valence-electron chi connectivity index (χ3n) is 1.78. The second-order valence-electron chi connectivity index (χ2n) is 2.68. The van der Waals surface area contributed by atoms with Crippen LogP contribution in [0.3, 0.4) is 0 Å². The van der Waals surface area contributed by atoms with Crippen LogP contribution in [-0.4, -0.2) is 9.38 Å². The van der Waals surface area contributed by atoms with Crippen LogP contribution in [0.5, 0.6) is 0 Å². The molecule has 0 atom stereocenters. The molecule has 0 radical (unpaired) electrons. The highest BCUT2D eigenvalue weighted by Gasteiger charge is 1.97. The fourth-order valence-corrected chi connectivity index (χ4v) is 1.12. The van der Waals surface area contributed by atoms with Crippen molar-refractivity contribution >= 4 is 5.65 Å². The van der Waals surface area contributed by atoms with Gasteiger partial charge in [0.1, 0.15) is 5.65 Å². The Bertz CT molecular complexity index is 474. The molecule has 0 saturated carbocycles. The lowest BCUT2D eigenvalue weighted by molar-refractivity contribution is 1.02. The maximum Gasteiger partial charge on any atom is 0.260 e. The van der Waals surface area contributed by atoms with E-state index in [4.69, 9.17) is 0 Å². The highest BCUT2D eigenvalue weighted by Crippen LogP contribution is 1.95. The van der Waals surface area contributed by atoms with Gasteiger partial charge in [0, 0.05) is 18.0 Å². The smallest absolute Gasteiger partial charge is 0.260 e. The Kier molecular flexibility index (Phi) is 3.40. The third kappa shape index (κ3) is 1.82. The second kappa shape index (κ2) is 4.56. The van der Waals surface area contributed by atoms with E-state index in [1.807, 2.05) is 26.0 Å². The van der Waals surface area contributed by atoms with E-state index in [-0.39, 0.29) is 5.56 Å². The van der Waals surface area contributed by atoms with Crippen LogP contribution in [0.15, 0.2) is 35.4 Å². The van der Waals surface area contributed by atoms with E-state index >= 15 is 0 Å². The van der Waals surface area contributed by atoms with Gasteiger partial charge in [-0.25, -0.2) is 4.98 Å². The molecule has 0 N–H and O–H groups in total. The van der Waals surface area contributed by atoms with Crippen LogP contribution in [0.1, 0.15) is 19.4 Å². The molecule has 0 spiro atoms. The number of nitrogens with zero attached hydrogens (tertiary/aromatic N) is 2. The monoisotopic (exact) mass is 190 g/mol. The van der Waals surface area contributed by atoms with Crippen LogP contribution in [-0.2, 0) is 0 Å². The minimum absolute atomic E-state index is 0.000556. The van der Waals surface area contributed by atoms with Crippen molar-refractivity contribution in [3.05, 3.63) is 46.5 Å². The summed E-state index contributed by atoms with van der Waals surface area (Å²) in [6, 6.07) is 5.48. The summed E-state index contributed by atoms with van der Waals surface area (Å²) in [7, 11) is 0. The summed E-state index contributed by atoms with van der Waals surface area (Å²) in [5.41, 5.74) is 1.35. The number of fused-ring (bicyclic) bond motifs is 1. The molecule has 0 bridgehead atoms. The fraction of sp³-hybridized carbons (Fsp3) is 0.273. The molecular formula is C11H14N2O. The summed E-state index contributed by atoms with van der Waals surface area (Å²) >= 11 is 0. The summed E-state index contributed by atoms with van der Waals surface area (Å²) in [5.74, 6) is 0. The van der Waals surface area contributed by atoms with Gasteiger partial charge in [-0.1, -0.05) is 19.9 Å². The molecule has 0 aromatic carbocycles. The van der Waals surface area contributed by atoms with E-state index in [2.05, 4.69) is 4.98 Å². The Morgan fingerprint density at radius 3 is 2.71 bits per heavy atom. The molecule has 0 saturated heterocycles. The lowest BCUT2D eigenvalue weighted by Crippen LogP contribution is -2.16. The van der Waals surface area contributed by atoms with Gasteiger partial charge in [-0.3, -0.25) is 9.20 Å². The average molecular weight is 190 g/mol. The number of pyridine rings is 1. The normalized spacial score (nSPS) is 9.36. The van der Waals surface area contributed by atoms with E-state index in [9.17, 15) is 4.79 Å².